The predicted molar refractivity (Wildman–Crippen MR) is 241 cm³/mol. The number of nitrogens with two attached hydrogens (primary N) is 2. The summed E-state index contributed by atoms with van der Waals surface area (Å²) in [5.41, 5.74) is 12.0. The first kappa shape index (κ1) is 53.4. The zero-order valence-electron chi connectivity index (χ0n) is 37.2. The van der Waals surface area contributed by atoms with Gasteiger partial charge in [0.05, 0.1) is 82.7 Å². The summed E-state index contributed by atoms with van der Waals surface area (Å²) in [6, 6.07) is 8.19. The molecule has 1 aliphatic heterocycles. The predicted octanol–water partition coefficient (Wildman–Crippen LogP) is 3.06. The second kappa shape index (κ2) is 30.9. The van der Waals surface area contributed by atoms with Crippen LogP contribution in [0.4, 0.5) is 13.6 Å². The molecule has 8 N–H and O–H groups in total. The Bertz CT molecular complexity index is 1950. The monoisotopic (exact) mass is 947 g/mol. The molecule has 4 rings (SSSR count). The number of ketones is 1. The van der Waals surface area contributed by atoms with Gasteiger partial charge in [0, 0.05) is 30.2 Å². The number of thioether (sulfide) groups is 1. The molecule has 2 aromatic carbocycles. The van der Waals surface area contributed by atoms with Crippen LogP contribution in [0.1, 0.15) is 80.3 Å². The number of ether oxygens (including phenoxy) is 5. The van der Waals surface area contributed by atoms with Gasteiger partial charge in [-0.1, -0.05) is 23.8 Å². The molecule has 22 heteroatoms. The normalized spacial score (nSPS) is 15.0. The molecule has 0 bridgehead atoms. The van der Waals surface area contributed by atoms with Gasteiger partial charge in [0.1, 0.15) is 12.3 Å². The molecule has 1 aliphatic rings. The van der Waals surface area contributed by atoms with Gasteiger partial charge < -0.3 is 56.4 Å². The highest BCUT2D eigenvalue weighted by Crippen LogP contribution is 2.35. The van der Waals surface area contributed by atoms with E-state index >= 15 is 0 Å². The van der Waals surface area contributed by atoms with Crippen LogP contribution in [-0.4, -0.2) is 134 Å². The third kappa shape index (κ3) is 20.9. The number of aromatic nitrogens is 3. The second-order valence-corrected chi connectivity index (χ2v) is 16.7. The second-order valence-electron chi connectivity index (χ2n) is 15.2. The lowest BCUT2D eigenvalue weighted by molar-refractivity contribution is -0.123. The number of nitrogens with zero attached hydrogens (tertiary/aromatic N) is 3. The van der Waals surface area contributed by atoms with E-state index in [0.29, 0.717) is 95.2 Å². The molecule has 66 heavy (non-hydrogen) atoms. The molecule has 19 nitrogen and oxygen atoms in total. The zero-order valence-corrected chi connectivity index (χ0v) is 38.0. The van der Waals surface area contributed by atoms with Gasteiger partial charge in [-0.15, -0.1) is 16.9 Å². The molecule has 0 saturated carbocycles. The van der Waals surface area contributed by atoms with Gasteiger partial charge in [0.2, 0.25) is 11.8 Å². The van der Waals surface area contributed by atoms with Crippen molar-refractivity contribution in [3.05, 3.63) is 71.6 Å². The van der Waals surface area contributed by atoms with Gasteiger partial charge in [-0.2, -0.15) is 0 Å². The van der Waals surface area contributed by atoms with Crippen molar-refractivity contribution in [2.75, 3.05) is 72.6 Å². The van der Waals surface area contributed by atoms with Crippen molar-refractivity contribution in [3.63, 3.8) is 0 Å². The van der Waals surface area contributed by atoms with E-state index in [1.165, 1.54) is 10.7 Å². The summed E-state index contributed by atoms with van der Waals surface area (Å²) in [6.45, 7) is 3.06. The maximum atomic E-state index is 14.0. The lowest BCUT2D eigenvalue weighted by atomic mass is 10.0. The average Bonchev–Trinajstić information content (AvgIpc) is 3.97. The standard InChI is InChI=1S/C44H63F2N9O10S/c45-35-10-6-11-36(46)42(35)65-30-38(56)37(12-3-4-17-47)51-43(59)31-7-5-8-33(27-31)55-29-32(53-54-55)28-50-40(58)16-19-61-21-23-63-25-26-64-24-22-62-20-18-49-39(57)13-2-1-9-34-14-15-41(66-34)52-44(48)60/h5-8,10-11,27,29,34,37,41H,1-4,9,12-26,28,30,47H2,(H,49,57)(H,50,58)(H,51,59)(H3,48,52,60)/t34-,37?,41+/m0/s1. The molecule has 3 atom stereocenters. The van der Waals surface area contributed by atoms with Gasteiger partial charge in [0.15, 0.2) is 23.2 Å². The summed E-state index contributed by atoms with van der Waals surface area (Å²) in [4.78, 5) is 61.7. The third-order valence-electron chi connectivity index (χ3n) is 10.0. The number of rotatable bonds is 34. The topological polar surface area (TPSA) is 262 Å². The molecule has 364 valence electrons. The highest BCUT2D eigenvalue weighted by molar-refractivity contribution is 8.00. The van der Waals surface area contributed by atoms with Crippen LogP contribution in [0.2, 0.25) is 0 Å². The molecular weight excluding hydrogens is 885 g/mol. The Morgan fingerprint density at radius 2 is 1.50 bits per heavy atom. The number of carbonyl (C=O) groups excluding carboxylic acids is 5. The minimum Gasteiger partial charge on any atom is -0.480 e. The quantitative estimate of drug-likeness (QED) is 0.0471. The maximum absolute atomic E-state index is 14.0. The van der Waals surface area contributed by atoms with Gasteiger partial charge >= 0.3 is 6.03 Å². The number of para-hydroxylation sites is 1. The Labute approximate surface area is 387 Å². The fourth-order valence-electron chi connectivity index (χ4n) is 6.60. The van der Waals surface area contributed by atoms with Crippen molar-refractivity contribution in [1.29, 1.82) is 0 Å². The average molecular weight is 948 g/mol. The van der Waals surface area contributed by atoms with E-state index in [1.54, 1.807) is 42.2 Å². The first-order valence-corrected chi connectivity index (χ1v) is 23.1. The van der Waals surface area contributed by atoms with E-state index in [1.807, 2.05) is 0 Å². The lowest BCUT2D eigenvalue weighted by Crippen LogP contribution is -2.43. The number of hydrogen-bond acceptors (Lipinski definition) is 14. The summed E-state index contributed by atoms with van der Waals surface area (Å²) >= 11 is 1.75. The number of Topliss-reactive ketones (excluding diaryl/α,β-unsaturated/α-hetero) is 1. The number of carbonyl (C=O) groups is 5. The Kier molecular flexibility index (Phi) is 24.9. The van der Waals surface area contributed by atoms with Crippen LogP contribution >= 0.6 is 11.8 Å². The number of urea groups is 1. The molecule has 1 saturated heterocycles. The van der Waals surface area contributed by atoms with E-state index in [0.717, 1.165) is 44.2 Å². The van der Waals surface area contributed by atoms with Crippen molar-refractivity contribution in [2.24, 2.45) is 11.5 Å². The van der Waals surface area contributed by atoms with Crippen molar-refractivity contribution in [3.8, 4) is 11.4 Å². The van der Waals surface area contributed by atoms with Crippen molar-refractivity contribution in [1.82, 2.24) is 36.3 Å². The van der Waals surface area contributed by atoms with Gasteiger partial charge in [-0.05, 0) is 81.8 Å². The van der Waals surface area contributed by atoms with Gasteiger partial charge in [0.25, 0.3) is 5.91 Å². The van der Waals surface area contributed by atoms with Gasteiger partial charge in [-0.25, -0.2) is 18.3 Å². The first-order chi connectivity index (χ1) is 32.0. The number of nitrogens with one attached hydrogen (secondary N) is 4. The smallest absolute Gasteiger partial charge is 0.313 e. The SMILES string of the molecule is NCCCCC(NC(=O)c1cccc(-n2cc(CNC(=O)CCOCCOCCOCCOCCNC(=O)CCCC[C@H]3CC[C@H](NC(N)=O)S3)nn2)c1)C(=O)COc1c(F)cccc1F. The number of hydrogen-bond donors (Lipinski definition) is 6. The van der Waals surface area contributed by atoms with E-state index in [4.69, 9.17) is 35.2 Å². The Balaban J connectivity index is 0.990. The van der Waals surface area contributed by atoms with E-state index in [-0.39, 0.29) is 48.7 Å². The molecule has 0 radical (unpaired) electrons. The van der Waals surface area contributed by atoms with E-state index in [2.05, 4.69) is 31.6 Å². The summed E-state index contributed by atoms with van der Waals surface area (Å²) in [7, 11) is 0. The fraction of sp³-hybridized carbons (Fsp3) is 0.568. The molecule has 1 aromatic heterocycles. The van der Waals surface area contributed by atoms with Crippen LogP contribution in [0, 0.1) is 11.6 Å². The molecule has 1 unspecified atom stereocenters. The number of benzene rings is 2. The minimum absolute atomic E-state index is 0.00654. The van der Waals surface area contributed by atoms with Crippen LogP contribution < -0.4 is 37.5 Å². The Hall–Kier alpha value is -5.26. The molecule has 1 fully saturated rings. The zero-order chi connectivity index (χ0) is 47.4. The summed E-state index contributed by atoms with van der Waals surface area (Å²) in [6.07, 6.45) is 8.35. The van der Waals surface area contributed by atoms with E-state index in [9.17, 15) is 32.8 Å². The van der Waals surface area contributed by atoms with Crippen molar-refractivity contribution < 1.29 is 56.4 Å². The molecule has 2 heterocycles. The van der Waals surface area contributed by atoms with Crippen molar-refractivity contribution in [2.45, 2.75) is 87.4 Å². The fourth-order valence-corrected chi connectivity index (χ4v) is 8.10. The highest BCUT2D eigenvalue weighted by Gasteiger charge is 2.26. The molecular formula is C44H63F2N9O10S. The Morgan fingerprint density at radius 1 is 0.818 bits per heavy atom. The third-order valence-corrected chi connectivity index (χ3v) is 11.6. The molecule has 0 spiro atoms. The summed E-state index contributed by atoms with van der Waals surface area (Å²) in [5.74, 6) is -3.92. The number of halogens is 2. The van der Waals surface area contributed by atoms with Crippen LogP contribution in [0.25, 0.3) is 5.69 Å². The van der Waals surface area contributed by atoms with Gasteiger partial charge in [-0.3, -0.25) is 19.2 Å². The summed E-state index contributed by atoms with van der Waals surface area (Å²) in [5, 5.41) is 19.9. The maximum Gasteiger partial charge on any atom is 0.313 e. The molecule has 5 amide bonds. The largest absolute Gasteiger partial charge is 0.480 e. The molecule has 0 aliphatic carbocycles. The van der Waals surface area contributed by atoms with Crippen LogP contribution in [0.15, 0.2) is 48.7 Å². The minimum atomic E-state index is -0.994. The highest BCUT2D eigenvalue weighted by atomic mass is 32.2. The first-order valence-electron chi connectivity index (χ1n) is 22.2. The van der Waals surface area contributed by atoms with Crippen LogP contribution in [0.5, 0.6) is 5.75 Å². The van der Waals surface area contributed by atoms with E-state index < -0.39 is 47.8 Å². The summed E-state index contributed by atoms with van der Waals surface area (Å²) < 4.78 is 56.6. The van der Waals surface area contributed by atoms with Crippen LogP contribution in [0.3, 0.4) is 0 Å². The number of unbranched alkanes of at least 4 members (excludes halogenated alkanes) is 2. The van der Waals surface area contributed by atoms with Crippen LogP contribution in [-0.2, 0) is 39.9 Å². The Morgan fingerprint density at radius 3 is 2.21 bits per heavy atom. The van der Waals surface area contributed by atoms with Crippen molar-refractivity contribution >= 4 is 41.3 Å². The number of primary amides is 1. The lowest BCUT2D eigenvalue weighted by Gasteiger charge is -2.18. The molecule has 3 aromatic rings. The number of amides is 5.